The van der Waals surface area contributed by atoms with E-state index in [1.807, 2.05) is 45.0 Å². The monoisotopic (exact) mass is 239 g/mol. The van der Waals surface area contributed by atoms with Gasteiger partial charge in [-0.05, 0) is 43.0 Å². The molecule has 2 rings (SSSR count). The van der Waals surface area contributed by atoms with E-state index in [9.17, 15) is 4.79 Å². The fourth-order valence-corrected chi connectivity index (χ4v) is 2.07. The lowest BCUT2D eigenvalue weighted by atomic mass is 9.94. The number of ketones is 1. The minimum absolute atomic E-state index is 0.0930. The van der Waals surface area contributed by atoms with Crippen LogP contribution in [0.4, 0.5) is 0 Å². The Morgan fingerprint density at radius 2 is 1.94 bits per heavy atom. The summed E-state index contributed by atoms with van der Waals surface area (Å²) in [5.41, 5.74) is 4.76. The van der Waals surface area contributed by atoms with Crippen LogP contribution in [0.25, 0.3) is 0 Å². The van der Waals surface area contributed by atoms with Gasteiger partial charge in [0.25, 0.3) is 0 Å². The van der Waals surface area contributed by atoms with Gasteiger partial charge in [0.1, 0.15) is 0 Å². The molecular weight excluding hydrogens is 222 g/mol. The van der Waals surface area contributed by atoms with E-state index in [2.05, 4.69) is 4.98 Å². The second kappa shape index (κ2) is 5.13. The third-order valence-corrected chi connectivity index (χ3v) is 3.38. The highest BCUT2D eigenvalue weighted by Gasteiger charge is 2.15. The van der Waals surface area contributed by atoms with Crippen LogP contribution >= 0.6 is 0 Å². The molecule has 0 saturated carbocycles. The molecule has 92 valence electrons. The van der Waals surface area contributed by atoms with Crippen LogP contribution in [0, 0.1) is 13.8 Å². The summed E-state index contributed by atoms with van der Waals surface area (Å²) < 4.78 is 0. The second-order valence-electron chi connectivity index (χ2n) is 4.46. The Morgan fingerprint density at radius 3 is 2.67 bits per heavy atom. The first-order chi connectivity index (χ1) is 8.65. The van der Waals surface area contributed by atoms with E-state index < -0.39 is 0 Å². The third kappa shape index (κ3) is 2.19. The minimum Gasteiger partial charge on any atom is -0.289 e. The molecule has 1 aromatic carbocycles. The molecule has 1 heterocycles. The predicted molar refractivity (Wildman–Crippen MR) is 73.0 cm³/mol. The quantitative estimate of drug-likeness (QED) is 0.767. The number of pyridine rings is 1. The Balaban J connectivity index is 2.52. The van der Waals surface area contributed by atoms with Gasteiger partial charge in [0.05, 0.1) is 0 Å². The molecule has 2 nitrogen and oxygen atoms in total. The van der Waals surface area contributed by atoms with Gasteiger partial charge in [-0.15, -0.1) is 0 Å². The number of aryl methyl sites for hydroxylation is 2. The van der Waals surface area contributed by atoms with Gasteiger partial charge >= 0.3 is 0 Å². The highest BCUT2D eigenvalue weighted by molar-refractivity contribution is 6.10. The van der Waals surface area contributed by atoms with Crippen LogP contribution in [0.2, 0.25) is 0 Å². The molecule has 2 aromatic rings. The zero-order valence-corrected chi connectivity index (χ0v) is 11.0. The summed E-state index contributed by atoms with van der Waals surface area (Å²) in [6.07, 6.45) is 4.27. The smallest absolute Gasteiger partial charge is 0.193 e. The van der Waals surface area contributed by atoms with E-state index in [-0.39, 0.29) is 5.78 Å². The minimum atomic E-state index is 0.0930. The van der Waals surface area contributed by atoms with Crippen molar-refractivity contribution >= 4 is 5.78 Å². The summed E-state index contributed by atoms with van der Waals surface area (Å²) >= 11 is 0. The summed E-state index contributed by atoms with van der Waals surface area (Å²) in [4.78, 5) is 16.7. The van der Waals surface area contributed by atoms with Gasteiger partial charge in [0.2, 0.25) is 0 Å². The molecule has 0 radical (unpaired) electrons. The molecule has 0 aliphatic rings. The zero-order valence-electron chi connectivity index (χ0n) is 11.0. The first kappa shape index (κ1) is 12.5. The molecule has 0 unspecified atom stereocenters. The number of hydrogen-bond acceptors (Lipinski definition) is 2. The fourth-order valence-electron chi connectivity index (χ4n) is 2.07. The van der Waals surface area contributed by atoms with Crippen LogP contribution in [0.1, 0.15) is 39.5 Å². The maximum atomic E-state index is 12.6. The standard InChI is InChI=1S/C16H17NO/c1-4-13-10-17-9-8-15(13)16(18)14-7-5-6-11(2)12(14)3/h5-10H,4H2,1-3H3. The molecule has 1 aromatic heterocycles. The fraction of sp³-hybridized carbons (Fsp3) is 0.250. The SMILES string of the molecule is CCc1cnccc1C(=O)c1cccc(C)c1C. The first-order valence-electron chi connectivity index (χ1n) is 6.19. The van der Waals surface area contributed by atoms with E-state index in [1.54, 1.807) is 12.4 Å². The Hall–Kier alpha value is -1.96. The van der Waals surface area contributed by atoms with Crippen molar-refractivity contribution in [1.82, 2.24) is 4.98 Å². The Bertz CT molecular complexity index is 587. The average molecular weight is 239 g/mol. The molecule has 0 bridgehead atoms. The summed E-state index contributed by atoms with van der Waals surface area (Å²) in [5, 5.41) is 0. The molecule has 0 aliphatic carbocycles. The summed E-state index contributed by atoms with van der Waals surface area (Å²) in [6, 6.07) is 7.66. The highest BCUT2D eigenvalue weighted by Crippen LogP contribution is 2.19. The lowest BCUT2D eigenvalue weighted by Gasteiger charge is -2.10. The molecule has 2 heteroatoms. The van der Waals surface area contributed by atoms with Crippen LogP contribution in [0.5, 0.6) is 0 Å². The van der Waals surface area contributed by atoms with E-state index in [1.165, 1.54) is 0 Å². The molecule has 0 amide bonds. The largest absolute Gasteiger partial charge is 0.289 e. The molecule has 0 spiro atoms. The van der Waals surface area contributed by atoms with Crippen LogP contribution in [-0.2, 0) is 6.42 Å². The van der Waals surface area contributed by atoms with E-state index in [4.69, 9.17) is 0 Å². The van der Waals surface area contributed by atoms with Crippen molar-refractivity contribution in [3.63, 3.8) is 0 Å². The average Bonchev–Trinajstić information content (AvgIpc) is 2.41. The summed E-state index contributed by atoms with van der Waals surface area (Å²) in [7, 11) is 0. The van der Waals surface area contributed by atoms with Gasteiger partial charge in [-0.1, -0.05) is 25.1 Å². The molecule has 0 atom stereocenters. The van der Waals surface area contributed by atoms with Crippen LogP contribution in [0.15, 0.2) is 36.7 Å². The van der Waals surface area contributed by atoms with Gasteiger partial charge in [0.15, 0.2) is 5.78 Å². The van der Waals surface area contributed by atoms with Gasteiger partial charge in [0, 0.05) is 23.5 Å². The van der Waals surface area contributed by atoms with Gasteiger partial charge in [-0.2, -0.15) is 0 Å². The number of benzene rings is 1. The number of carbonyl (C=O) groups is 1. The van der Waals surface area contributed by atoms with Crippen molar-refractivity contribution in [2.24, 2.45) is 0 Å². The van der Waals surface area contributed by atoms with Crippen molar-refractivity contribution < 1.29 is 4.79 Å². The lowest BCUT2D eigenvalue weighted by Crippen LogP contribution is -2.08. The number of carbonyl (C=O) groups excluding carboxylic acids is 1. The maximum Gasteiger partial charge on any atom is 0.193 e. The van der Waals surface area contributed by atoms with Crippen molar-refractivity contribution in [2.45, 2.75) is 27.2 Å². The number of aromatic nitrogens is 1. The van der Waals surface area contributed by atoms with Crippen LogP contribution in [-0.4, -0.2) is 10.8 Å². The zero-order chi connectivity index (χ0) is 13.1. The Morgan fingerprint density at radius 1 is 1.17 bits per heavy atom. The van der Waals surface area contributed by atoms with Crippen LogP contribution < -0.4 is 0 Å². The molecule has 0 N–H and O–H groups in total. The van der Waals surface area contributed by atoms with Crippen molar-refractivity contribution in [2.75, 3.05) is 0 Å². The Labute approximate surface area is 108 Å². The molecule has 18 heavy (non-hydrogen) atoms. The predicted octanol–water partition coefficient (Wildman–Crippen LogP) is 3.49. The number of hydrogen-bond donors (Lipinski definition) is 0. The topological polar surface area (TPSA) is 30.0 Å². The van der Waals surface area contributed by atoms with Gasteiger partial charge in [-0.3, -0.25) is 9.78 Å². The van der Waals surface area contributed by atoms with E-state index in [0.29, 0.717) is 0 Å². The number of nitrogens with zero attached hydrogens (tertiary/aromatic N) is 1. The van der Waals surface area contributed by atoms with E-state index in [0.717, 1.165) is 34.2 Å². The molecule has 0 fully saturated rings. The third-order valence-electron chi connectivity index (χ3n) is 3.38. The van der Waals surface area contributed by atoms with Gasteiger partial charge in [-0.25, -0.2) is 0 Å². The Kier molecular flexibility index (Phi) is 3.56. The molecular formula is C16H17NO. The summed E-state index contributed by atoms with van der Waals surface area (Å²) in [6.45, 7) is 6.06. The molecule has 0 aliphatic heterocycles. The first-order valence-corrected chi connectivity index (χ1v) is 6.19. The van der Waals surface area contributed by atoms with Crippen molar-refractivity contribution in [1.29, 1.82) is 0 Å². The second-order valence-corrected chi connectivity index (χ2v) is 4.46. The van der Waals surface area contributed by atoms with E-state index >= 15 is 0 Å². The molecule has 0 saturated heterocycles. The normalized spacial score (nSPS) is 10.4. The summed E-state index contributed by atoms with van der Waals surface area (Å²) in [5.74, 6) is 0.0930. The number of rotatable bonds is 3. The highest BCUT2D eigenvalue weighted by atomic mass is 16.1. The van der Waals surface area contributed by atoms with Crippen LogP contribution in [0.3, 0.4) is 0 Å². The van der Waals surface area contributed by atoms with Gasteiger partial charge < -0.3 is 0 Å². The lowest BCUT2D eigenvalue weighted by molar-refractivity contribution is 0.103. The van der Waals surface area contributed by atoms with Crippen molar-refractivity contribution in [3.8, 4) is 0 Å². The maximum absolute atomic E-state index is 12.6. The van der Waals surface area contributed by atoms with Crippen molar-refractivity contribution in [3.05, 3.63) is 64.5 Å².